The average molecular weight is 203 g/mol. The van der Waals surface area contributed by atoms with Crippen LogP contribution in [0.2, 0.25) is 0 Å². The Balaban J connectivity index is 2.88. The van der Waals surface area contributed by atoms with Crippen LogP contribution in [-0.4, -0.2) is 27.3 Å². The van der Waals surface area contributed by atoms with Crippen LogP contribution in [0.25, 0.3) is 0 Å². The van der Waals surface area contributed by atoms with Crippen molar-refractivity contribution in [3.05, 3.63) is 29.8 Å². The van der Waals surface area contributed by atoms with Crippen LogP contribution in [0.4, 0.5) is 0 Å². The molecule has 0 aliphatic heterocycles. The molecule has 3 N–H and O–H groups in total. The smallest absolute Gasteiger partial charge is 0.121 e. The molecule has 1 rings (SSSR count). The summed E-state index contributed by atoms with van der Waals surface area (Å²) >= 11 is 5.36. The summed E-state index contributed by atoms with van der Waals surface area (Å²) < 4.78 is 0. The fourth-order valence-corrected chi connectivity index (χ4v) is 1.20. The minimum absolute atomic E-state index is 0.0424. The summed E-state index contributed by atoms with van der Waals surface area (Å²) in [6.45, 7) is 0. The second kappa shape index (κ2) is 4.46. The zero-order valence-corrected chi connectivity index (χ0v) is 7.65. The highest BCUT2D eigenvalue weighted by atomic mass is 35.5. The van der Waals surface area contributed by atoms with Gasteiger partial charge >= 0.3 is 0 Å². The van der Waals surface area contributed by atoms with Gasteiger partial charge in [-0.1, -0.05) is 18.2 Å². The van der Waals surface area contributed by atoms with Gasteiger partial charge in [0.2, 0.25) is 0 Å². The maximum atomic E-state index is 9.48. The van der Waals surface area contributed by atoms with E-state index in [9.17, 15) is 15.3 Å². The van der Waals surface area contributed by atoms with Gasteiger partial charge < -0.3 is 15.3 Å². The predicted octanol–water partition coefficient (Wildman–Crippen LogP) is 1.03. The third-order valence-electron chi connectivity index (χ3n) is 1.78. The number of aromatic hydroxyl groups is 1. The van der Waals surface area contributed by atoms with Crippen molar-refractivity contribution < 1.29 is 15.3 Å². The number of hydrogen-bond acceptors (Lipinski definition) is 3. The maximum absolute atomic E-state index is 9.48. The van der Waals surface area contributed by atoms with E-state index < -0.39 is 12.2 Å². The molecule has 1 aromatic carbocycles. The van der Waals surface area contributed by atoms with Crippen molar-refractivity contribution in [2.24, 2.45) is 0 Å². The van der Waals surface area contributed by atoms with Gasteiger partial charge in [0.25, 0.3) is 0 Å². The van der Waals surface area contributed by atoms with E-state index in [0.717, 1.165) is 0 Å². The highest BCUT2D eigenvalue weighted by Crippen LogP contribution is 2.26. The minimum Gasteiger partial charge on any atom is -0.508 e. The van der Waals surface area contributed by atoms with Gasteiger partial charge in [-0.05, 0) is 6.07 Å². The fourth-order valence-electron chi connectivity index (χ4n) is 1.03. The van der Waals surface area contributed by atoms with Crippen molar-refractivity contribution >= 4 is 11.6 Å². The van der Waals surface area contributed by atoms with Gasteiger partial charge in [0.15, 0.2) is 0 Å². The molecule has 0 spiro atoms. The van der Waals surface area contributed by atoms with Crippen LogP contribution in [0.1, 0.15) is 11.7 Å². The highest BCUT2D eigenvalue weighted by Gasteiger charge is 2.19. The zero-order valence-electron chi connectivity index (χ0n) is 6.89. The van der Waals surface area contributed by atoms with Crippen molar-refractivity contribution in [3.8, 4) is 5.75 Å². The average Bonchev–Trinajstić information content (AvgIpc) is 2.16. The molecule has 4 heteroatoms. The molecule has 3 nitrogen and oxygen atoms in total. The summed E-state index contributed by atoms with van der Waals surface area (Å²) in [5.74, 6) is -0.116. The fraction of sp³-hybridized carbons (Fsp3) is 0.333. The zero-order chi connectivity index (χ0) is 9.84. The Labute approximate surface area is 81.2 Å². The number of halogens is 1. The maximum Gasteiger partial charge on any atom is 0.121 e. The van der Waals surface area contributed by atoms with E-state index >= 15 is 0 Å². The lowest BCUT2D eigenvalue weighted by molar-refractivity contribution is 0.0312. The Morgan fingerprint density at radius 3 is 2.38 bits per heavy atom. The van der Waals surface area contributed by atoms with Crippen molar-refractivity contribution in [2.45, 2.75) is 12.2 Å². The second-order valence-corrected chi connectivity index (χ2v) is 3.03. The van der Waals surface area contributed by atoms with Crippen molar-refractivity contribution in [3.63, 3.8) is 0 Å². The van der Waals surface area contributed by atoms with Crippen LogP contribution in [0.3, 0.4) is 0 Å². The van der Waals surface area contributed by atoms with E-state index in [0.29, 0.717) is 0 Å². The monoisotopic (exact) mass is 202 g/mol. The Hall–Kier alpha value is -0.770. The van der Waals surface area contributed by atoms with E-state index in [2.05, 4.69) is 0 Å². The number of aliphatic hydroxyl groups excluding tert-OH is 2. The third-order valence-corrected chi connectivity index (χ3v) is 2.09. The molecule has 1 aromatic rings. The first kappa shape index (κ1) is 10.3. The lowest BCUT2D eigenvalue weighted by Gasteiger charge is -2.16. The summed E-state index contributed by atoms with van der Waals surface area (Å²) in [6, 6.07) is 6.28. The number of phenols is 1. The molecular weight excluding hydrogens is 192 g/mol. The van der Waals surface area contributed by atoms with Crippen molar-refractivity contribution in [1.29, 1.82) is 0 Å². The van der Waals surface area contributed by atoms with Crippen LogP contribution >= 0.6 is 11.6 Å². The van der Waals surface area contributed by atoms with Gasteiger partial charge in [-0.25, -0.2) is 0 Å². The van der Waals surface area contributed by atoms with E-state index in [1.807, 2.05) is 0 Å². The molecule has 2 unspecified atom stereocenters. The molecule has 0 aliphatic rings. The molecule has 13 heavy (non-hydrogen) atoms. The summed E-state index contributed by atoms with van der Waals surface area (Å²) in [4.78, 5) is 0. The number of benzene rings is 1. The predicted molar refractivity (Wildman–Crippen MR) is 49.8 cm³/mol. The quantitative estimate of drug-likeness (QED) is 0.642. The van der Waals surface area contributed by atoms with Gasteiger partial charge in [0, 0.05) is 5.56 Å². The molecule has 72 valence electrons. The third kappa shape index (κ3) is 2.34. The first-order valence-corrected chi connectivity index (χ1v) is 4.40. The molecular formula is C9H11ClO3. The summed E-state index contributed by atoms with van der Waals surface area (Å²) in [5.41, 5.74) is 0.288. The standard InChI is InChI=1S/C9H11ClO3/c10-5-8(12)9(13)6-3-1-2-4-7(6)11/h1-4,8-9,11-13H,5H2. The Bertz CT molecular complexity index is 277. The normalized spacial score (nSPS) is 15.3. The van der Waals surface area contributed by atoms with Crippen LogP contribution in [0.5, 0.6) is 5.75 Å². The molecule has 2 atom stereocenters. The second-order valence-electron chi connectivity index (χ2n) is 2.73. The van der Waals surface area contributed by atoms with Gasteiger partial charge in [-0.15, -0.1) is 11.6 Å². The lowest BCUT2D eigenvalue weighted by atomic mass is 10.0. The molecule has 0 saturated heterocycles. The molecule has 0 aliphatic carbocycles. The first-order valence-electron chi connectivity index (χ1n) is 3.86. The molecule has 0 aromatic heterocycles. The first-order chi connectivity index (χ1) is 6.16. The van der Waals surface area contributed by atoms with Gasteiger partial charge in [-0.2, -0.15) is 0 Å². The number of para-hydroxylation sites is 1. The topological polar surface area (TPSA) is 60.7 Å². The van der Waals surface area contributed by atoms with Crippen LogP contribution in [0, 0.1) is 0 Å². The van der Waals surface area contributed by atoms with Crippen molar-refractivity contribution in [2.75, 3.05) is 5.88 Å². The summed E-state index contributed by atoms with van der Waals surface area (Å²) in [6.07, 6.45) is -2.20. The Morgan fingerprint density at radius 2 is 1.85 bits per heavy atom. The molecule has 0 fully saturated rings. The molecule has 0 saturated carbocycles. The Kier molecular flexibility index (Phi) is 3.54. The molecule has 0 bridgehead atoms. The highest BCUT2D eigenvalue weighted by molar-refractivity contribution is 6.18. The number of rotatable bonds is 3. The van der Waals surface area contributed by atoms with Gasteiger partial charge in [0.05, 0.1) is 12.0 Å². The van der Waals surface area contributed by atoms with E-state index in [1.54, 1.807) is 12.1 Å². The van der Waals surface area contributed by atoms with Gasteiger partial charge in [0.1, 0.15) is 11.9 Å². The van der Waals surface area contributed by atoms with E-state index in [4.69, 9.17) is 11.6 Å². The SMILES string of the molecule is Oc1ccccc1C(O)C(O)CCl. The molecule has 0 amide bonds. The van der Waals surface area contributed by atoms with Crippen LogP contribution in [0.15, 0.2) is 24.3 Å². The summed E-state index contributed by atoms with van der Waals surface area (Å²) in [7, 11) is 0. The van der Waals surface area contributed by atoms with Gasteiger partial charge in [-0.3, -0.25) is 0 Å². The minimum atomic E-state index is -1.14. The number of alkyl halides is 1. The molecule has 0 heterocycles. The van der Waals surface area contributed by atoms with Crippen LogP contribution in [-0.2, 0) is 0 Å². The van der Waals surface area contributed by atoms with Crippen LogP contribution < -0.4 is 0 Å². The summed E-state index contributed by atoms with van der Waals surface area (Å²) in [5, 5.41) is 28.0. The number of hydrogen-bond donors (Lipinski definition) is 3. The number of phenolic OH excluding ortho intramolecular Hbond substituents is 1. The largest absolute Gasteiger partial charge is 0.508 e. The van der Waals surface area contributed by atoms with E-state index in [1.165, 1.54) is 12.1 Å². The van der Waals surface area contributed by atoms with Crippen molar-refractivity contribution in [1.82, 2.24) is 0 Å². The van der Waals surface area contributed by atoms with E-state index in [-0.39, 0.29) is 17.2 Å². The lowest BCUT2D eigenvalue weighted by Crippen LogP contribution is -2.19. The number of aliphatic hydroxyl groups is 2. The molecule has 0 radical (unpaired) electrons. The Morgan fingerprint density at radius 1 is 1.23 bits per heavy atom.